The highest BCUT2D eigenvalue weighted by Gasteiger charge is 2.17. The smallest absolute Gasteiger partial charge is 0.275 e. The van der Waals surface area contributed by atoms with Crippen molar-refractivity contribution in [2.75, 3.05) is 5.32 Å². The molecule has 120 valence electrons. The summed E-state index contributed by atoms with van der Waals surface area (Å²) in [5, 5.41) is 7.72. The first-order valence-corrected chi connectivity index (χ1v) is 8.53. The lowest BCUT2D eigenvalue weighted by Gasteiger charge is -2.09. The molecule has 1 N–H and O–H groups in total. The van der Waals surface area contributed by atoms with Crippen molar-refractivity contribution in [3.63, 3.8) is 0 Å². The fraction of sp³-hybridized carbons (Fsp3) is 0.353. The molecule has 3 rings (SSSR count). The molecular formula is C17H20N4OS. The van der Waals surface area contributed by atoms with Gasteiger partial charge >= 0.3 is 0 Å². The van der Waals surface area contributed by atoms with Crippen LogP contribution < -0.4 is 5.32 Å². The highest BCUT2D eigenvalue weighted by Crippen LogP contribution is 2.31. The van der Waals surface area contributed by atoms with Gasteiger partial charge in [0.05, 0.1) is 10.2 Å². The van der Waals surface area contributed by atoms with Crippen LogP contribution in [0.15, 0.2) is 30.5 Å². The van der Waals surface area contributed by atoms with Gasteiger partial charge in [-0.3, -0.25) is 14.8 Å². The highest BCUT2D eigenvalue weighted by atomic mass is 32.1. The van der Waals surface area contributed by atoms with Gasteiger partial charge in [0.2, 0.25) is 0 Å². The van der Waals surface area contributed by atoms with Crippen LogP contribution in [-0.2, 0) is 0 Å². The Kier molecular flexibility index (Phi) is 4.17. The van der Waals surface area contributed by atoms with Crippen LogP contribution in [0, 0.1) is 0 Å². The molecule has 0 unspecified atom stereocenters. The van der Waals surface area contributed by atoms with Crippen molar-refractivity contribution < 1.29 is 4.79 Å². The van der Waals surface area contributed by atoms with E-state index in [1.165, 1.54) is 16.9 Å². The molecular weight excluding hydrogens is 308 g/mol. The summed E-state index contributed by atoms with van der Waals surface area (Å²) in [6.07, 6.45) is 1.64. The normalized spacial score (nSPS) is 11.6. The number of hydrogen-bond donors (Lipinski definition) is 1. The SMILES string of the molecule is CC(C)c1cccc2sc(NC(=O)c3ccnn3C(C)C)nc12. The first-order chi connectivity index (χ1) is 11.0. The number of para-hydroxylation sites is 1. The van der Waals surface area contributed by atoms with Crippen LogP contribution in [0.2, 0.25) is 0 Å². The summed E-state index contributed by atoms with van der Waals surface area (Å²) in [6, 6.07) is 8.02. The van der Waals surface area contributed by atoms with Gasteiger partial charge in [0.15, 0.2) is 5.13 Å². The summed E-state index contributed by atoms with van der Waals surface area (Å²) in [4.78, 5) is 17.1. The highest BCUT2D eigenvalue weighted by molar-refractivity contribution is 7.22. The van der Waals surface area contributed by atoms with Crippen molar-refractivity contribution in [3.8, 4) is 0 Å². The van der Waals surface area contributed by atoms with Crippen molar-refractivity contribution in [1.82, 2.24) is 14.8 Å². The maximum atomic E-state index is 12.5. The Hall–Kier alpha value is -2.21. The second-order valence-corrected chi connectivity index (χ2v) is 7.11. The topological polar surface area (TPSA) is 59.8 Å². The van der Waals surface area contributed by atoms with E-state index in [9.17, 15) is 4.79 Å². The van der Waals surface area contributed by atoms with Crippen LogP contribution in [0.3, 0.4) is 0 Å². The minimum Gasteiger partial charge on any atom is -0.296 e. The van der Waals surface area contributed by atoms with Crippen molar-refractivity contribution >= 4 is 32.6 Å². The van der Waals surface area contributed by atoms with Crippen LogP contribution in [0.5, 0.6) is 0 Å². The molecule has 0 bridgehead atoms. The van der Waals surface area contributed by atoms with Gasteiger partial charge in [-0.2, -0.15) is 5.10 Å². The molecule has 3 aromatic rings. The Morgan fingerprint density at radius 1 is 1.22 bits per heavy atom. The van der Waals surface area contributed by atoms with Crippen molar-refractivity contribution in [2.24, 2.45) is 0 Å². The number of carbonyl (C=O) groups excluding carboxylic acids is 1. The predicted molar refractivity (Wildman–Crippen MR) is 94.3 cm³/mol. The number of nitrogens with one attached hydrogen (secondary N) is 1. The molecule has 0 atom stereocenters. The zero-order valence-electron chi connectivity index (χ0n) is 13.7. The number of thiazole rings is 1. The Bertz CT molecular complexity index is 847. The number of hydrogen-bond acceptors (Lipinski definition) is 4. The van der Waals surface area contributed by atoms with E-state index >= 15 is 0 Å². The van der Waals surface area contributed by atoms with Crippen LogP contribution in [-0.4, -0.2) is 20.7 Å². The van der Waals surface area contributed by atoms with Gasteiger partial charge in [-0.15, -0.1) is 0 Å². The largest absolute Gasteiger partial charge is 0.296 e. The summed E-state index contributed by atoms with van der Waals surface area (Å²) in [5.74, 6) is 0.216. The summed E-state index contributed by atoms with van der Waals surface area (Å²) in [6.45, 7) is 8.29. The molecule has 1 aromatic carbocycles. The fourth-order valence-electron chi connectivity index (χ4n) is 2.56. The minimum atomic E-state index is -0.179. The van der Waals surface area contributed by atoms with E-state index in [4.69, 9.17) is 0 Å². The summed E-state index contributed by atoms with van der Waals surface area (Å²) in [7, 11) is 0. The molecule has 0 aliphatic carbocycles. The standard InChI is InChI=1S/C17H20N4OS/c1-10(2)12-6-5-7-14-15(12)19-17(23-14)20-16(22)13-8-9-18-21(13)11(3)4/h5-11H,1-4H3,(H,19,20,22). The molecule has 0 fully saturated rings. The number of benzene rings is 1. The monoisotopic (exact) mass is 328 g/mol. The van der Waals surface area contributed by atoms with Gasteiger partial charge in [-0.25, -0.2) is 4.98 Å². The van der Waals surface area contributed by atoms with Crippen LogP contribution in [0.1, 0.15) is 55.7 Å². The van der Waals surface area contributed by atoms with Crippen molar-refractivity contribution in [2.45, 2.75) is 39.7 Å². The number of fused-ring (bicyclic) bond motifs is 1. The maximum absolute atomic E-state index is 12.5. The lowest BCUT2D eigenvalue weighted by Crippen LogP contribution is -2.18. The summed E-state index contributed by atoms with van der Waals surface area (Å²) >= 11 is 1.50. The van der Waals surface area contributed by atoms with Crippen molar-refractivity contribution in [1.29, 1.82) is 0 Å². The third-order valence-electron chi connectivity index (χ3n) is 3.68. The van der Waals surface area contributed by atoms with E-state index in [0.717, 1.165) is 10.2 Å². The molecule has 2 aromatic heterocycles. The number of carbonyl (C=O) groups is 1. The molecule has 1 amide bonds. The molecule has 6 heteroatoms. The average molecular weight is 328 g/mol. The molecule has 23 heavy (non-hydrogen) atoms. The molecule has 5 nitrogen and oxygen atoms in total. The van der Waals surface area contributed by atoms with Gasteiger partial charge in [0.25, 0.3) is 5.91 Å². The molecule has 0 spiro atoms. The molecule has 0 aliphatic rings. The molecule has 0 saturated heterocycles. The summed E-state index contributed by atoms with van der Waals surface area (Å²) in [5.41, 5.74) is 2.72. The van der Waals surface area contributed by atoms with Gasteiger partial charge in [0, 0.05) is 12.2 Å². The molecule has 0 radical (unpaired) electrons. The Morgan fingerprint density at radius 3 is 2.70 bits per heavy atom. The number of anilines is 1. The number of aromatic nitrogens is 3. The van der Waals surface area contributed by atoms with E-state index in [-0.39, 0.29) is 11.9 Å². The van der Waals surface area contributed by atoms with Gasteiger partial charge in [0.1, 0.15) is 5.69 Å². The van der Waals surface area contributed by atoms with E-state index in [1.54, 1.807) is 16.9 Å². The Morgan fingerprint density at radius 2 is 2.00 bits per heavy atom. The first-order valence-electron chi connectivity index (χ1n) is 7.71. The van der Waals surface area contributed by atoms with Crippen molar-refractivity contribution in [3.05, 3.63) is 41.7 Å². The van der Waals surface area contributed by atoms with E-state index in [2.05, 4.69) is 35.3 Å². The van der Waals surface area contributed by atoms with Crippen LogP contribution >= 0.6 is 11.3 Å². The third-order valence-corrected chi connectivity index (χ3v) is 4.62. The Balaban J connectivity index is 1.91. The fourth-order valence-corrected chi connectivity index (χ4v) is 3.45. The summed E-state index contributed by atoms with van der Waals surface area (Å²) < 4.78 is 2.80. The van der Waals surface area contributed by atoms with Gasteiger partial charge in [-0.05, 0) is 37.5 Å². The van der Waals surface area contributed by atoms with Crippen LogP contribution in [0.25, 0.3) is 10.2 Å². The first kappa shape index (κ1) is 15.7. The maximum Gasteiger partial charge on any atom is 0.275 e. The average Bonchev–Trinajstić information content (AvgIpc) is 3.12. The zero-order valence-corrected chi connectivity index (χ0v) is 14.5. The quantitative estimate of drug-likeness (QED) is 0.769. The van der Waals surface area contributed by atoms with Gasteiger partial charge in [-0.1, -0.05) is 37.3 Å². The predicted octanol–water partition coefficient (Wildman–Crippen LogP) is 4.45. The minimum absolute atomic E-state index is 0.133. The lowest BCUT2D eigenvalue weighted by atomic mass is 10.0. The molecule has 0 aliphatic heterocycles. The lowest BCUT2D eigenvalue weighted by molar-refractivity contribution is 0.101. The second kappa shape index (κ2) is 6.12. The molecule has 2 heterocycles. The Labute approximate surface area is 139 Å². The molecule has 0 saturated carbocycles. The van der Waals surface area contributed by atoms with E-state index in [1.807, 2.05) is 26.0 Å². The van der Waals surface area contributed by atoms with Crippen LogP contribution in [0.4, 0.5) is 5.13 Å². The number of nitrogens with zero attached hydrogens (tertiary/aromatic N) is 3. The van der Waals surface area contributed by atoms with Gasteiger partial charge < -0.3 is 0 Å². The number of rotatable bonds is 4. The van der Waals surface area contributed by atoms with E-state index in [0.29, 0.717) is 16.7 Å². The third kappa shape index (κ3) is 2.99. The zero-order chi connectivity index (χ0) is 16.6. The second-order valence-electron chi connectivity index (χ2n) is 6.08. The van der Waals surface area contributed by atoms with E-state index < -0.39 is 0 Å². The number of amides is 1.